The normalized spacial score (nSPS) is 12.9. The summed E-state index contributed by atoms with van der Waals surface area (Å²) in [5.41, 5.74) is 14.3. The molecule has 0 atom stereocenters. The van der Waals surface area contributed by atoms with Gasteiger partial charge in [-0.2, -0.15) is 0 Å². The predicted octanol–water partition coefficient (Wildman–Crippen LogP) is 11.9. The molecule has 2 aliphatic rings. The molecule has 0 aromatic heterocycles. The molecule has 0 unspecified atom stereocenters. The summed E-state index contributed by atoms with van der Waals surface area (Å²) >= 11 is 0. The van der Waals surface area contributed by atoms with Crippen molar-refractivity contribution >= 4 is 22.7 Å². The zero-order valence-corrected chi connectivity index (χ0v) is 25.4. The van der Waals surface area contributed by atoms with E-state index in [1.54, 1.807) is 6.07 Å². The van der Waals surface area contributed by atoms with E-state index in [-0.39, 0.29) is 5.69 Å². The van der Waals surface area contributed by atoms with E-state index in [2.05, 4.69) is 119 Å². The van der Waals surface area contributed by atoms with Gasteiger partial charge in [0, 0.05) is 16.9 Å². The van der Waals surface area contributed by atoms with Gasteiger partial charge in [0.15, 0.2) is 5.69 Å². The van der Waals surface area contributed by atoms with Gasteiger partial charge in [-0.3, -0.25) is 0 Å². The second-order valence-corrected chi connectivity index (χ2v) is 12.1. The summed E-state index contributed by atoms with van der Waals surface area (Å²) < 4.78 is 14.8. The number of halogens is 1. The fourth-order valence-electron chi connectivity index (χ4n) is 7.93. The van der Waals surface area contributed by atoms with Gasteiger partial charge in [-0.25, -0.2) is 9.24 Å². The van der Waals surface area contributed by atoms with Gasteiger partial charge in [0.2, 0.25) is 0 Å². The van der Waals surface area contributed by atoms with Crippen molar-refractivity contribution in [1.29, 1.82) is 0 Å². The Balaban J connectivity index is 1.33. The number of hydrogen-bond acceptors (Lipinski definition) is 1. The second-order valence-electron chi connectivity index (χ2n) is 12.1. The minimum absolute atomic E-state index is 0.275. The van der Waals surface area contributed by atoms with Gasteiger partial charge in [0.25, 0.3) is 0 Å². The van der Waals surface area contributed by atoms with Crippen molar-refractivity contribution in [3.8, 4) is 33.4 Å². The topological polar surface area (TPSA) is 7.60 Å². The van der Waals surface area contributed by atoms with Crippen LogP contribution in [0.1, 0.15) is 22.3 Å². The molecule has 2 nitrogen and oxygen atoms in total. The molecular formula is C44H27FN2. The Morgan fingerprint density at radius 1 is 0.468 bits per heavy atom. The van der Waals surface area contributed by atoms with Gasteiger partial charge in [0.05, 0.1) is 17.7 Å². The molecule has 0 N–H and O–H groups in total. The van der Waals surface area contributed by atoms with Gasteiger partial charge < -0.3 is 4.90 Å². The van der Waals surface area contributed by atoms with Gasteiger partial charge >= 0.3 is 0 Å². The lowest BCUT2D eigenvalue weighted by Crippen LogP contribution is -2.26. The van der Waals surface area contributed by atoms with Gasteiger partial charge in [-0.1, -0.05) is 115 Å². The third-order valence-corrected chi connectivity index (χ3v) is 9.72. The average Bonchev–Trinajstić information content (AvgIpc) is 3.59. The minimum Gasteiger partial charge on any atom is -0.310 e. The van der Waals surface area contributed by atoms with Crippen LogP contribution in [0.15, 0.2) is 164 Å². The van der Waals surface area contributed by atoms with Crippen molar-refractivity contribution in [2.24, 2.45) is 0 Å². The number of fused-ring (bicyclic) bond motifs is 10. The molecular weight excluding hydrogens is 575 g/mol. The predicted molar refractivity (Wildman–Crippen MR) is 189 cm³/mol. The van der Waals surface area contributed by atoms with Crippen LogP contribution in [0.3, 0.4) is 0 Å². The lowest BCUT2D eigenvalue weighted by molar-refractivity contribution is 0.629. The Kier molecular flexibility index (Phi) is 6.00. The molecule has 1 spiro atoms. The molecule has 220 valence electrons. The number of para-hydroxylation sites is 2. The van der Waals surface area contributed by atoms with Crippen LogP contribution in [0.25, 0.3) is 38.2 Å². The molecule has 2 aliphatic carbocycles. The van der Waals surface area contributed by atoms with Crippen molar-refractivity contribution < 1.29 is 4.39 Å². The summed E-state index contributed by atoms with van der Waals surface area (Å²) in [6.45, 7) is 7.56. The SMILES string of the molecule is [C-]#[N+]c1cc(F)cc(-c2ccccc2N(c2ccccc2)c2ccc3c(c2)C2(c4ccccc4-c4ccccc42)c2ccccc2-3)c1. The molecule has 0 radical (unpaired) electrons. The summed E-state index contributed by atoms with van der Waals surface area (Å²) in [5.74, 6) is -0.426. The highest BCUT2D eigenvalue weighted by atomic mass is 19.1. The molecule has 0 saturated heterocycles. The second kappa shape index (κ2) is 10.4. The number of benzene rings is 7. The number of nitrogens with zero attached hydrogens (tertiary/aromatic N) is 2. The molecule has 0 aliphatic heterocycles. The van der Waals surface area contributed by atoms with Crippen molar-refractivity contribution in [2.75, 3.05) is 4.90 Å². The minimum atomic E-state index is -0.468. The molecule has 0 saturated carbocycles. The molecule has 0 heterocycles. The standard InChI is InChI=1S/C44H27FN2/c1-46-31-26-29(25-30(45)27-31)34-15-8-12-22-43(34)47(32-13-3-2-4-14-32)33-23-24-38-37-18-7-11-21-41(37)44(42(38)28-33)39-19-9-5-16-35(39)36-17-6-10-20-40(36)44/h2-28H. The van der Waals surface area contributed by atoms with Crippen LogP contribution in [-0.4, -0.2) is 0 Å². The largest absolute Gasteiger partial charge is 0.310 e. The van der Waals surface area contributed by atoms with E-state index in [0.29, 0.717) is 5.56 Å². The Bertz CT molecular complexity index is 2340. The highest BCUT2D eigenvalue weighted by molar-refractivity contribution is 5.97. The summed E-state index contributed by atoms with van der Waals surface area (Å²) in [7, 11) is 0. The number of hydrogen-bond donors (Lipinski definition) is 0. The monoisotopic (exact) mass is 602 g/mol. The molecule has 0 bridgehead atoms. The van der Waals surface area contributed by atoms with E-state index in [1.165, 1.54) is 56.6 Å². The van der Waals surface area contributed by atoms with Crippen molar-refractivity contribution in [3.63, 3.8) is 0 Å². The highest BCUT2D eigenvalue weighted by Gasteiger charge is 2.51. The summed E-state index contributed by atoms with van der Waals surface area (Å²) in [6, 6.07) is 56.2. The maximum Gasteiger partial charge on any atom is 0.190 e. The third-order valence-electron chi connectivity index (χ3n) is 9.72. The van der Waals surface area contributed by atoms with Crippen LogP contribution in [0.4, 0.5) is 27.1 Å². The average molecular weight is 603 g/mol. The molecule has 9 rings (SSSR count). The molecule has 47 heavy (non-hydrogen) atoms. The highest BCUT2D eigenvalue weighted by Crippen LogP contribution is 2.63. The first-order chi connectivity index (χ1) is 23.2. The zero-order valence-electron chi connectivity index (χ0n) is 25.4. The molecule has 0 fully saturated rings. The Morgan fingerprint density at radius 2 is 1.00 bits per heavy atom. The first kappa shape index (κ1) is 27.1. The molecule has 7 aromatic rings. The fraction of sp³-hybridized carbons (Fsp3) is 0.0227. The van der Waals surface area contributed by atoms with E-state index in [4.69, 9.17) is 6.57 Å². The van der Waals surface area contributed by atoms with E-state index in [1.807, 2.05) is 36.4 Å². The van der Waals surface area contributed by atoms with Crippen LogP contribution in [0.5, 0.6) is 0 Å². The van der Waals surface area contributed by atoms with E-state index in [0.717, 1.165) is 22.6 Å². The molecule has 3 heteroatoms. The quantitative estimate of drug-likeness (QED) is 0.182. The summed E-state index contributed by atoms with van der Waals surface area (Å²) in [4.78, 5) is 5.79. The molecule has 0 amide bonds. The van der Waals surface area contributed by atoms with Crippen LogP contribution in [0.2, 0.25) is 0 Å². The summed E-state index contributed by atoms with van der Waals surface area (Å²) in [6.07, 6.45) is 0. The van der Waals surface area contributed by atoms with Crippen LogP contribution < -0.4 is 4.90 Å². The first-order valence-corrected chi connectivity index (χ1v) is 15.7. The van der Waals surface area contributed by atoms with Gasteiger partial charge in [0.1, 0.15) is 5.82 Å². The van der Waals surface area contributed by atoms with Crippen molar-refractivity contribution in [1.82, 2.24) is 0 Å². The first-order valence-electron chi connectivity index (χ1n) is 15.7. The summed E-state index contributed by atoms with van der Waals surface area (Å²) in [5, 5.41) is 0. The van der Waals surface area contributed by atoms with Crippen LogP contribution >= 0.6 is 0 Å². The Labute approximate surface area is 273 Å². The maximum absolute atomic E-state index is 14.8. The van der Waals surface area contributed by atoms with Gasteiger partial charge in [-0.05, 0) is 98.6 Å². The Hall–Kier alpha value is -6.24. The smallest absolute Gasteiger partial charge is 0.190 e. The zero-order chi connectivity index (χ0) is 31.5. The maximum atomic E-state index is 14.8. The van der Waals surface area contributed by atoms with E-state index >= 15 is 0 Å². The third kappa shape index (κ3) is 3.89. The lowest BCUT2D eigenvalue weighted by atomic mass is 9.70. The van der Waals surface area contributed by atoms with Crippen LogP contribution in [-0.2, 0) is 5.41 Å². The number of rotatable bonds is 4. The van der Waals surface area contributed by atoms with E-state index < -0.39 is 11.2 Å². The van der Waals surface area contributed by atoms with E-state index in [9.17, 15) is 4.39 Å². The Morgan fingerprint density at radius 3 is 1.62 bits per heavy atom. The van der Waals surface area contributed by atoms with Crippen molar-refractivity contribution in [3.05, 3.63) is 203 Å². The van der Waals surface area contributed by atoms with Crippen LogP contribution in [0, 0.1) is 12.4 Å². The fourth-order valence-corrected chi connectivity index (χ4v) is 7.93. The lowest BCUT2D eigenvalue weighted by Gasteiger charge is -2.32. The molecule has 7 aromatic carbocycles. The van der Waals surface area contributed by atoms with Gasteiger partial charge in [-0.15, -0.1) is 0 Å². The number of anilines is 3. The van der Waals surface area contributed by atoms with Crippen molar-refractivity contribution in [2.45, 2.75) is 5.41 Å².